The van der Waals surface area contributed by atoms with E-state index >= 15 is 0 Å². The maximum atomic E-state index is 7.00. The molecule has 0 spiro atoms. The van der Waals surface area contributed by atoms with E-state index in [2.05, 4.69) is 50.5 Å². The zero-order valence-corrected chi connectivity index (χ0v) is 31.6. The van der Waals surface area contributed by atoms with Crippen molar-refractivity contribution in [3.8, 4) is 0 Å². The second-order valence-electron chi connectivity index (χ2n) is 5.89. The predicted molar refractivity (Wildman–Crippen MR) is 142 cm³/mol. The van der Waals surface area contributed by atoms with Gasteiger partial charge in [0.2, 0.25) is 0 Å². The van der Waals surface area contributed by atoms with Crippen LogP contribution in [0.2, 0.25) is 26.2 Å². The van der Waals surface area contributed by atoms with Crippen molar-refractivity contribution < 1.29 is 76.5 Å². The minimum atomic E-state index is 0. The largest absolute Gasteiger partial charge is 1.00 e. The van der Waals surface area contributed by atoms with Gasteiger partial charge < -0.3 is 36.3 Å². The smallest absolute Gasteiger partial charge is 0.0213 e. The summed E-state index contributed by atoms with van der Waals surface area (Å²) in [4.78, 5) is 0. The first-order valence-electron chi connectivity index (χ1n) is 10.1. The van der Waals surface area contributed by atoms with Crippen molar-refractivity contribution in [2.45, 2.75) is 39.0 Å². The number of hydrogen-bond acceptors (Lipinski definition) is 0. The minimum absolute atomic E-state index is 0. The Morgan fingerprint density at radius 1 is 0.588 bits per heavy atom. The van der Waals surface area contributed by atoms with Gasteiger partial charge in [0, 0.05) is 70.7 Å². The van der Waals surface area contributed by atoms with Crippen molar-refractivity contribution in [3.05, 3.63) is 121 Å². The first-order chi connectivity index (χ1) is 14.6. The summed E-state index contributed by atoms with van der Waals surface area (Å²) >= 11 is 0. The van der Waals surface area contributed by atoms with Gasteiger partial charge in [-0.1, -0.05) is 86.9 Å². The first kappa shape index (κ1) is 47.0. The van der Waals surface area contributed by atoms with E-state index < -0.39 is 0 Å². The van der Waals surface area contributed by atoms with E-state index in [-0.39, 0.29) is 76.5 Å². The van der Waals surface area contributed by atoms with Gasteiger partial charge in [-0.05, 0) is 0 Å². The van der Waals surface area contributed by atoms with Crippen LogP contribution in [-0.4, -0.2) is 19.0 Å². The van der Waals surface area contributed by atoms with Gasteiger partial charge in [-0.15, -0.1) is 24.2 Å². The molecular formula is C26H36Cl2Hf2N2Si2-6. The molecule has 2 aromatic rings. The Kier molecular flexibility index (Phi) is 59.3. The van der Waals surface area contributed by atoms with Crippen molar-refractivity contribution in [1.82, 2.24) is 0 Å². The molecule has 0 aromatic heterocycles. The molecule has 0 aliphatic heterocycles. The molecule has 0 saturated heterocycles. The summed E-state index contributed by atoms with van der Waals surface area (Å²) in [6, 6.07) is 18.2. The first-order valence-corrected chi connectivity index (χ1v) is 14.7. The van der Waals surface area contributed by atoms with Crippen LogP contribution in [0, 0.1) is 12.2 Å². The zero-order valence-electron chi connectivity index (χ0n) is 20.6. The molecule has 2 N–H and O–H groups in total. The van der Waals surface area contributed by atoms with Crippen molar-refractivity contribution in [1.29, 1.82) is 0 Å². The fraction of sp³-hybridized carbons (Fsp3) is 0.231. The molecule has 4 rings (SSSR count). The van der Waals surface area contributed by atoms with Crippen molar-refractivity contribution in [3.63, 3.8) is 0 Å². The normalized spacial score (nSPS) is 9.76. The van der Waals surface area contributed by atoms with Gasteiger partial charge in [-0.25, -0.2) is 24.3 Å². The maximum absolute atomic E-state index is 7.00. The van der Waals surface area contributed by atoms with Crippen LogP contribution < -0.4 is 24.8 Å². The van der Waals surface area contributed by atoms with Gasteiger partial charge in [0.25, 0.3) is 0 Å². The Labute approximate surface area is 264 Å². The molecule has 186 valence electrons. The van der Waals surface area contributed by atoms with Crippen molar-refractivity contribution >= 4 is 30.4 Å². The summed E-state index contributed by atoms with van der Waals surface area (Å²) in [7, 11) is 1.50. The number of nitrogens with one attached hydrogen (secondary N) is 2. The third-order valence-electron chi connectivity index (χ3n) is 2.72. The van der Waals surface area contributed by atoms with E-state index in [1.165, 1.54) is 0 Å². The fourth-order valence-corrected chi connectivity index (χ4v) is 1.56. The average Bonchev–Trinajstić information content (AvgIpc) is 3.50. The van der Waals surface area contributed by atoms with Crippen LogP contribution in [0.5, 0.6) is 0 Å². The number of rotatable bonds is 0. The summed E-state index contributed by atoms with van der Waals surface area (Å²) in [6.45, 7) is 8.83. The summed E-state index contributed by atoms with van der Waals surface area (Å²) in [5.74, 6) is 0. The van der Waals surface area contributed by atoms with Gasteiger partial charge in [0.15, 0.2) is 0 Å². The molecule has 2 radical (unpaired) electrons. The predicted octanol–water partition coefficient (Wildman–Crippen LogP) is 2.39. The molecular weight excluding hydrogens is 824 g/mol. The molecule has 2 aliphatic carbocycles. The second-order valence-corrected chi connectivity index (χ2v) is 8.20. The molecule has 2 aromatic carbocycles. The molecule has 0 unspecified atom stereocenters. The van der Waals surface area contributed by atoms with E-state index in [4.69, 9.17) is 11.5 Å². The van der Waals surface area contributed by atoms with Gasteiger partial charge in [-0.2, -0.15) is 12.2 Å². The van der Waals surface area contributed by atoms with Crippen LogP contribution in [-0.2, 0) is 51.7 Å². The van der Waals surface area contributed by atoms with Gasteiger partial charge in [-0.3, -0.25) is 12.2 Å². The number of allylic oxidation sites excluding steroid dienone is 8. The molecule has 0 heterocycles. The van der Waals surface area contributed by atoms with E-state index in [1.54, 1.807) is 24.3 Å². The minimum Gasteiger partial charge on any atom is -1.00 e. The van der Waals surface area contributed by atoms with Gasteiger partial charge >= 0.3 is 0 Å². The van der Waals surface area contributed by atoms with Crippen LogP contribution >= 0.6 is 0 Å². The Bertz CT molecular complexity index is 619. The van der Waals surface area contributed by atoms with Gasteiger partial charge in [0.05, 0.1) is 0 Å². The molecule has 0 saturated carbocycles. The van der Waals surface area contributed by atoms with Crippen molar-refractivity contribution in [2.24, 2.45) is 0 Å². The number of halogens is 2. The summed E-state index contributed by atoms with van der Waals surface area (Å²) in [5, 5.41) is 0. The van der Waals surface area contributed by atoms with Crippen LogP contribution in [0.4, 0.5) is 11.4 Å². The molecule has 0 atom stereocenters. The van der Waals surface area contributed by atoms with Crippen LogP contribution in [0.1, 0.15) is 12.8 Å². The molecule has 0 bridgehead atoms. The molecule has 0 fully saturated rings. The average molecular weight is 861 g/mol. The SMILES string of the molecule is C[SiH]C.C[SiH]C.[C-]1=CC=CC1.[C-]1=CC=CC1.[Cl-].[Cl-].[Hf].[Hf].[NH-]c1ccccc1.[NH-]c1ccccc1. The number of hydrogen-bond donors (Lipinski definition) is 0. The van der Waals surface area contributed by atoms with Gasteiger partial charge in [0.1, 0.15) is 0 Å². The number of benzene rings is 2. The maximum Gasteiger partial charge on any atom is 0.0213 e. The standard InChI is InChI=1S/2C6H6N.2C5H5.2C2H7Si.2ClH.2Hf/c2*7-6-4-2-1-3-5-6;2*1-2-4-5-3-1;2*1-3-2;;;;/h2*1-5,7H;2*1-3H,4H2;2*3H,1-2H3;2*1H;;/q4*-1;;;;;;/p-2. The molecule has 2 aliphatic rings. The Hall–Kier alpha value is -0.246. The van der Waals surface area contributed by atoms with E-state index in [1.807, 2.05) is 60.7 Å². The third kappa shape index (κ3) is 45.3. The fourth-order valence-electron chi connectivity index (χ4n) is 1.56. The quantitative estimate of drug-likeness (QED) is 0.289. The zero-order chi connectivity index (χ0) is 22.7. The van der Waals surface area contributed by atoms with Crippen LogP contribution in [0.3, 0.4) is 0 Å². The summed E-state index contributed by atoms with van der Waals surface area (Å²) < 4.78 is 0. The van der Waals surface area contributed by atoms with Crippen LogP contribution in [0.15, 0.2) is 97.1 Å². The topological polar surface area (TPSA) is 47.6 Å². The summed E-state index contributed by atoms with van der Waals surface area (Å²) in [5.41, 5.74) is 15.1. The third-order valence-corrected chi connectivity index (χ3v) is 2.72. The Balaban J connectivity index is -0.0000000695. The van der Waals surface area contributed by atoms with Crippen molar-refractivity contribution in [2.75, 3.05) is 0 Å². The van der Waals surface area contributed by atoms with Crippen LogP contribution in [0.25, 0.3) is 11.5 Å². The molecule has 8 heteroatoms. The van der Waals surface area contributed by atoms with E-state index in [0.29, 0.717) is 11.4 Å². The molecule has 34 heavy (non-hydrogen) atoms. The Morgan fingerprint density at radius 3 is 0.941 bits per heavy atom. The van der Waals surface area contributed by atoms with E-state index in [0.717, 1.165) is 31.9 Å². The van der Waals surface area contributed by atoms with E-state index in [9.17, 15) is 0 Å². The monoisotopic (exact) mass is 862 g/mol. The molecule has 2 nitrogen and oxygen atoms in total. The second kappa shape index (κ2) is 42.9. The molecule has 0 amide bonds. The summed E-state index contributed by atoms with van der Waals surface area (Å²) in [6.07, 6.45) is 20.0. The Morgan fingerprint density at radius 2 is 0.853 bits per heavy atom.